The molecular formula is C13H26O3Si. The van der Waals surface area contributed by atoms with E-state index in [1.807, 2.05) is 0 Å². The molecule has 0 bridgehead atoms. The molecule has 0 aromatic carbocycles. The summed E-state index contributed by atoms with van der Waals surface area (Å²) < 4.78 is 10.6. The van der Waals surface area contributed by atoms with Crippen molar-refractivity contribution in [3.8, 4) is 0 Å². The molecule has 0 aliphatic heterocycles. The van der Waals surface area contributed by atoms with Gasteiger partial charge in [-0.15, -0.1) is 0 Å². The third kappa shape index (κ3) is 8.16. The van der Waals surface area contributed by atoms with E-state index in [0.29, 0.717) is 11.1 Å². The van der Waals surface area contributed by atoms with Gasteiger partial charge >= 0.3 is 5.97 Å². The van der Waals surface area contributed by atoms with E-state index >= 15 is 0 Å². The van der Waals surface area contributed by atoms with E-state index in [9.17, 15) is 4.79 Å². The van der Waals surface area contributed by atoms with Crippen LogP contribution in [0.5, 0.6) is 0 Å². The summed E-state index contributed by atoms with van der Waals surface area (Å²) in [5.74, 6) is -0.247. The zero-order valence-corrected chi connectivity index (χ0v) is 13.0. The van der Waals surface area contributed by atoms with Crippen molar-refractivity contribution in [2.45, 2.75) is 51.3 Å². The number of hydrogen-bond acceptors (Lipinski definition) is 3. The summed E-state index contributed by atoms with van der Waals surface area (Å²) in [6.45, 7) is 10.4. The van der Waals surface area contributed by atoms with Crippen molar-refractivity contribution in [3.05, 3.63) is 12.2 Å². The van der Waals surface area contributed by atoms with Crippen LogP contribution >= 0.6 is 0 Å². The Balaban J connectivity index is 4.21. The second kappa shape index (κ2) is 9.42. The van der Waals surface area contributed by atoms with Crippen LogP contribution in [0.4, 0.5) is 0 Å². The van der Waals surface area contributed by atoms with E-state index in [1.165, 1.54) is 0 Å². The van der Waals surface area contributed by atoms with Crippen molar-refractivity contribution >= 4 is 15.5 Å². The van der Waals surface area contributed by atoms with Crippen LogP contribution in [0.25, 0.3) is 0 Å². The van der Waals surface area contributed by atoms with Crippen LogP contribution < -0.4 is 0 Å². The third-order valence-electron chi connectivity index (χ3n) is 2.62. The monoisotopic (exact) mass is 258 g/mol. The molecule has 17 heavy (non-hydrogen) atoms. The SMILES string of the molecule is C=C(C)C(=O)OC(CCCC)[SiH2]C(C)COC. The fourth-order valence-electron chi connectivity index (χ4n) is 1.71. The Morgan fingerprint density at radius 3 is 2.59 bits per heavy atom. The largest absolute Gasteiger partial charge is 0.464 e. The van der Waals surface area contributed by atoms with Crippen LogP contribution in [0.15, 0.2) is 12.2 Å². The quantitative estimate of drug-likeness (QED) is 0.361. The van der Waals surface area contributed by atoms with Crippen molar-refractivity contribution in [2.24, 2.45) is 0 Å². The van der Waals surface area contributed by atoms with Crippen molar-refractivity contribution in [2.75, 3.05) is 13.7 Å². The summed E-state index contributed by atoms with van der Waals surface area (Å²) in [5.41, 5.74) is 1.16. The summed E-state index contributed by atoms with van der Waals surface area (Å²) in [5, 5.41) is 0. The minimum atomic E-state index is -0.466. The van der Waals surface area contributed by atoms with Gasteiger partial charge in [-0.1, -0.05) is 33.3 Å². The number of esters is 1. The van der Waals surface area contributed by atoms with E-state index in [4.69, 9.17) is 9.47 Å². The zero-order valence-electron chi connectivity index (χ0n) is 11.6. The van der Waals surface area contributed by atoms with E-state index in [-0.39, 0.29) is 11.7 Å². The number of carbonyl (C=O) groups excluding carboxylic acids is 1. The minimum Gasteiger partial charge on any atom is -0.464 e. The standard InChI is InChI=1S/C13H26O3Si/c1-6-7-8-12(16-13(14)10(2)3)17-11(4)9-15-5/h11-12H,2,6-9,17H2,1,3-5H3. The lowest BCUT2D eigenvalue weighted by Gasteiger charge is -2.20. The highest BCUT2D eigenvalue weighted by atomic mass is 28.2. The molecule has 3 nitrogen and oxygen atoms in total. The molecule has 0 saturated carbocycles. The Morgan fingerprint density at radius 1 is 1.47 bits per heavy atom. The summed E-state index contributed by atoms with van der Waals surface area (Å²) in [6.07, 6.45) is 3.23. The van der Waals surface area contributed by atoms with Crippen molar-refractivity contribution in [1.82, 2.24) is 0 Å². The summed E-state index contributed by atoms with van der Waals surface area (Å²) >= 11 is 0. The van der Waals surface area contributed by atoms with Gasteiger partial charge in [0, 0.05) is 19.3 Å². The van der Waals surface area contributed by atoms with Crippen LogP contribution in [-0.2, 0) is 14.3 Å². The van der Waals surface area contributed by atoms with Gasteiger partial charge in [-0.25, -0.2) is 4.79 Å². The van der Waals surface area contributed by atoms with Gasteiger partial charge in [-0.3, -0.25) is 0 Å². The van der Waals surface area contributed by atoms with E-state index < -0.39 is 9.52 Å². The van der Waals surface area contributed by atoms with E-state index in [1.54, 1.807) is 14.0 Å². The molecule has 0 rings (SSSR count). The number of ether oxygens (including phenoxy) is 2. The van der Waals surface area contributed by atoms with Crippen LogP contribution in [0, 0.1) is 0 Å². The first-order chi connectivity index (χ1) is 8.01. The molecule has 2 atom stereocenters. The molecule has 0 aliphatic rings. The maximum absolute atomic E-state index is 11.5. The highest BCUT2D eigenvalue weighted by Gasteiger charge is 2.18. The Bertz CT molecular complexity index is 241. The number of rotatable bonds is 9. The fourth-order valence-corrected chi connectivity index (χ4v) is 3.75. The Kier molecular flexibility index (Phi) is 9.08. The molecule has 0 spiro atoms. The summed E-state index contributed by atoms with van der Waals surface area (Å²) in [4.78, 5) is 11.5. The number of carbonyl (C=O) groups is 1. The average Bonchev–Trinajstić information content (AvgIpc) is 2.25. The van der Waals surface area contributed by atoms with Crippen LogP contribution in [-0.4, -0.2) is 34.9 Å². The molecule has 0 radical (unpaired) electrons. The molecule has 0 aromatic rings. The van der Waals surface area contributed by atoms with Crippen LogP contribution in [0.2, 0.25) is 5.54 Å². The zero-order chi connectivity index (χ0) is 13.3. The number of unbranched alkanes of at least 4 members (excludes halogenated alkanes) is 1. The molecule has 0 aromatic heterocycles. The molecule has 100 valence electrons. The van der Waals surface area contributed by atoms with E-state index in [2.05, 4.69) is 20.4 Å². The Morgan fingerprint density at radius 2 is 2.12 bits per heavy atom. The molecule has 0 fully saturated rings. The maximum Gasteiger partial charge on any atom is 0.333 e. The van der Waals surface area contributed by atoms with Gasteiger partial charge in [0.1, 0.15) is 0 Å². The molecule has 0 aliphatic carbocycles. The molecule has 4 heteroatoms. The van der Waals surface area contributed by atoms with Gasteiger partial charge in [0.15, 0.2) is 0 Å². The van der Waals surface area contributed by atoms with Crippen molar-refractivity contribution < 1.29 is 14.3 Å². The van der Waals surface area contributed by atoms with E-state index in [0.717, 1.165) is 25.9 Å². The number of hydrogen-bond donors (Lipinski definition) is 0. The van der Waals surface area contributed by atoms with Gasteiger partial charge < -0.3 is 9.47 Å². The normalized spacial score (nSPS) is 14.8. The molecule has 2 unspecified atom stereocenters. The topological polar surface area (TPSA) is 35.5 Å². The van der Waals surface area contributed by atoms with Gasteiger partial charge in [-0.2, -0.15) is 0 Å². The molecule has 0 N–H and O–H groups in total. The minimum absolute atomic E-state index is 0.129. The first kappa shape index (κ1) is 16.4. The summed E-state index contributed by atoms with van der Waals surface area (Å²) in [7, 11) is 1.25. The smallest absolute Gasteiger partial charge is 0.333 e. The highest BCUT2D eigenvalue weighted by molar-refractivity contribution is 6.39. The maximum atomic E-state index is 11.5. The van der Waals surface area contributed by atoms with Crippen LogP contribution in [0.1, 0.15) is 40.0 Å². The predicted molar refractivity (Wildman–Crippen MR) is 74.1 cm³/mol. The Labute approximate surface area is 107 Å². The first-order valence-electron chi connectivity index (χ1n) is 6.36. The Hall–Kier alpha value is -0.613. The van der Waals surface area contributed by atoms with Crippen molar-refractivity contribution in [1.29, 1.82) is 0 Å². The highest BCUT2D eigenvalue weighted by Crippen LogP contribution is 2.12. The second-order valence-corrected chi connectivity index (χ2v) is 7.52. The second-order valence-electron chi connectivity index (χ2n) is 4.75. The lowest BCUT2D eigenvalue weighted by Crippen LogP contribution is -2.28. The fraction of sp³-hybridized carbons (Fsp3) is 0.769. The predicted octanol–water partition coefficient (Wildman–Crippen LogP) is 2.25. The molecule has 0 heterocycles. The van der Waals surface area contributed by atoms with Crippen LogP contribution in [0.3, 0.4) is 0 Å². The number of methoxy groups -OCH3 is 1. The molecular weight excluding hydrogens is 232 g/mol. The summed E-state index contributed by atoms with van der Waals surface area (Å²) in [6, 6.07) is 0. The lowest BCUT2D eigenvalue weighted by atomic mass is 10.2. The molecule has 0 amide bonds. The first-order valence-corrected chi connectivity index (χ1v) is 7.99. The lowest BCUT2D eigenvalue weighted by molar-refractivity contribution is -0.141. The van der Waals surface area contributed by atoms with Gasteiger partial charge in [0.2, 0.25) is 0 Å². The van der Waals surface area contributed by atoms with Gasteiger partial charge in [-0.05, 0) is 18.9 Å². The average molecular weight is 258 g/mol. The van der Waals surface area contributed by atoms with Gasteiger partial charge in [0.25, 0.3) is 0 Å². The van der Waals surface area contributed by atoms with Gasteiger partial charge in [0.05, 0.1) is 15.2 Å². The molecule has 0 saturated heterocycles. The van der Waals surface area contributed by atoms with Crippen molar-refractivity contribution in [3.63, 3.8) is 0 Å². The third-order valence-corrected chi connectivity index (χ3v) is 4.76.